The van der Waals surface area contributed by atoms with Gasteiger partial charge >= 0.3 is 5.97 Å². The molecule has 1 aromatic heterocycles. The maximum atomic E-state index is 13.6. The molecule has 0 unspecified atom stereocenters. The first kappa shape index (κ1) is 11.3. The highest BCUT2D eigenvalue weighted by molar-refractivity contribution is 5.97. The Kier molecular flexibility index (Phi) is 3.14. The molecule has 0 bridgehead atoms. The number of hydrogen-bond donors (Lipinski definition) is 0. The number of benzene rings is 1. The van der Waals surface area contributed by atoms with Crippen LogP contribution in [0.2, 0.25) is 0 Å². The molecule has 0 saturated heterocycles. The van der Waals surface area contributed by atoms with Crippen LogP contribution in [0.4, 0.5) is 4.39 Å². The van der Waals surface area contributed by atoms with E-state index in [2.05, 4.69) is 9.72 Å². The van der Waals surface area contributed by atoms with Crippen molar-refractivity contribution in [3.05, 3.63) is 54.1 Å². The van der Waals surface area contributed by atoms with E-state index in [-0.39, 0.29) is 5.56 Å². The predicted octanol–water partition coefficient (Wildman–Crippen LogP) is 2.67. The third-order valence-electron chi connectivity index (χ3n) is 2.37. The smallest absolute Gasteiger partial charge is 0.341 e. The van der Waals surface area contributed by atoms with Crippen LogP contribution in [0.25, 0.3) is 11.1 Å². The molecule has 0 aliphatic heterocycles. The highest BCUT2D eigenvalue weighted by Crippen LogP contribution is 2.24. The van der Waals surface area contributed by atoms with Crippen molar-refractivity contribution in [3.63, 3.8) is 0 Å². The van der Waals surface area contributed by atoms with Gasteiger partial charge in [0, 0.05) is 11.8 Å². The molecule has 2 aromatic rings. The fourth-order valence-corrected chi connectivity index (χ4v) is 1.58. The van der Waals surface area contributed by atoms with Gasteiger partial charge in [-0.3, -0.25) is 4.98 Å². The summed E-state index contributed by atoms with van der Waals surface area (Å²) in [5.74, 6) is -1.39. The summed E-state index contributed by atoms with van der Waals surface area (Å²) >= 11 is 0. The Morgan fingerprint density at radius 3 is 2.59 bits per heavy atom. The van der Waals surface area contributed by atoms with Crippen LogP contribution in [0.5, 0.6) is 0 Å². The second-order valence-corrected chi connectivity index (χ2v) is 3.40. The van der Waals surface area contributed by atoms with Crippen LogP contribution in [0.1, 0.15) is 10.4 Å². The quantitative estimate of drug-likeness (QED) is 0.746. The minimum Gasteiger partial charge on any atom is -0.465 e. The molecule has 0 atom stereocenters. The van der Waals surface area contributed by atoms with Gasteiger partial charge in [0.15, 0.2) is 5.82 Å². The topological polar surface area (TPSA) is 39.2 Å². The van der Waals surface area contributed by atoms with E-state index in [1.54, 1.807) is 24.3 Å². The van der Waals surface area contributed by atoms with Crippen molar-refractivity contribution in [3.8, 4) is 11.1 Å². The summed E-state index contributed by atoms with van der Waals surface area (Å²) in [7, 11) is 1.22. The van der Waals surface area contributed by atoms with Crippen molar-refractivity contribution >= 4 is 5.97 Å². The number of carbonyl (C=O) groups excluding carboxylic acids is 1. The summed E-state index contributed by atoms with van der Waals surface area (Å²) < 4.78 is 18.2. The molecule has 86 valence electrons. The monoisotopic (exact) mass is 231 g/mol. The highest BCUT2D eigenvalue weighted by atomic mass is 19.1. The number of halogens is 1. The van der Waals surface area contributed by atoms with Gasteiger partial charge in [-0.15, -0.1) is 0 Å². The van der Waals surface area contributed by atoms with Crippen LogP contribution in [0.15, 0.2) is 42.7 Å². The van der Waals surface area contributed by atoms with Gasteiger partial charge < -0.3 is 4.74 Å². The van der Waals surface area contributed by atoms with Crippen molar-refractivity contribution < 1.29 is 13.9 Å². The molecule has 0 fully saturated rings. The van der Waals surface area contributed by atoms with Crippen LogP contribution in [0.3, 0.4) is 0 Å². The molecular weight excluding hydrogens is 221 g/mol. The van der Waals surface area contributed by atoms with Crippen molar-refractivity contribution in [1.82, 2.24) is 4.98 Å². The molecule has 1 aromatic carbocycles. The summed E-state index contributed by atoms with van der Waals surface area (Å²) in [6, 6.07) is 9.02. The lowest BCUT2D eigenvalue weighted by molar-refractivity contribution is 0.0596. The molecule has 0 spiro atoms. The van der Waals surface area contributed by atoms with Gasteiger partial charge in [-0.05, 0) is 5.56 Å². The van der Waals surface area contributed by atoms with Gasteiger partial charge in [0.2, 0.25) is 0 Å². The Morgan fingerprint density at radius 2 is 1.94 bits per heavy atom. The minimum atomic E-state index is -0.705. The van der Waals surface area contributed by atoms with Crippen LogP contribution in [0, 0.1) is 5.82 Å². The summed E-state index contributed by atoms with van der Waals surface area (Å²) in [6.07, 6.45) is 2.45. The maximum absolute atomic E-state index is 13.6. The molecule has 2 rings (SSSR count). The molecule has 1 heterocycles. The molecule has 0 aliphatic carbocycles. The number of carbonyl (C=O) groups is 1. The number of methoxy groups -OCH3 is 1. The zero-order valence-electron chi connectivity index (χ0n) is 9.18. The van der Waals surface area contributed by atoms with Crippen LogP contribution in [-0.4, -0.2) is 18.1 Å². The lowest BCUT2D eigenvalue weighted by Crippen LogP contribution is -2.07. The van der Waals surface area contributed by atoms with E-state index in [0.29, 0.717) is 5.56 Å². The third-order valence-corrected chi connectivity index (χ3v) is 2.37. The number of nitrogens with zero attached hydrogens (tertiary/aromatic N) is 1. The van der Waals surface area contributed by atoms with Gasteiger partial charge in [-0.25, -0.2) is 9.18 Å². The number of rotatable bonds is 2. The van der Waals surface area contributed by atoms with Gasteiger partial charge in [0.05, 0.1) is 13.3 Å². The maximum Gasteiger partial charge on any atom is 0.341 e. The lowest BCUT2D eigenvalue weighted by atomic mass is 10.0. The number of ether oxygens (including phenoxy) is 1. The van der Waals surface area contributed by atoms with Crippen LogP contribution < -0.4 is 0 Å². The third kappa shape index (κ3) is 2.15. The normalized spacial score (nSPS) is 10.0. The molecule has 4 heteroatoms. The largest absolute Gasteiger partial charge is 0.465 e. The standard InChI is InChI=1S/C13H10FNO2/c1-17-13(16)12-10(7-15-8-11(12)14)9-5-3-2-4-6-9/h2-8H,1H3. The van der Waals surface area contributed by atoms with E-state index in [1.807, 2.05) is 6.07 Å². The number of aromatic nitrogens is 1. The molecule has 0 saturated carbocycles. The van der Waals surface area contributed by atoms with Crippen molar-refractivity contribution in [2.45, 2.75) is 0 Å². The highest BCUT2D eigenvalue weighted by Gasteiger charge is 2.18. The average molecular weight is 231 g/mol. The molecule has 0 radical (unpaired) electrons. The molecule has 17 heavy (non-hydrogen) atoms. The SMILES string of the molecule is COC(=O)c1c(F)cncc1-c1ccccc1. The Labute approximate surface area is 97.9 Å². The summed E-state index contributed by atoms with van der Waals surface area (Å²) in [6.45, 7) is 0. The molecule has 0 amide bonds. The van der Waals surface area contributed by atoms with E-state index in [0.717, 1.165) is 11.8 Å². The molecule has 0 N–H and O–H groups in total. The first-order valence-corrected chi connectivity index (χ1v) is 5.01. The zero-order chi connectivity index (χ0) is 12.3. The molecular formula is C13H10FNO2. The van der Waals surface area contributed by atoms with E-state index in [9.17, 15) is 9.18 Å². The Hall–Kier alpha value is -2.23. The van der Waals surface area contributed by atoms with E-state index < -0.39 is 11.8 Å². The van der Waals surface area contributed by atoms with Crippen molar-refractivity contribution in [2.75, 3.05) is 7.11 Å². The minimum absolute atomic E-state index is 0.0892. The van der Waals surface area contributed by atoms with Crippen molar-refractivity contribution in [2.24, 2.45) is 0 Å². The van der Waals surface area contributed by atoms with Crippen molar-refractivity contribution in [1.29, 1.82) is 0 Å². The summed E-state index contributed by atoms with van der Waals surface area (Å²) in [5, 5.41) is 0. The average Bonchev–Trinajstić information content (AvgIpc) is 2.38. The first-order chi connectivity index (χ1) is 8.24. The molecule has 3 nitrogen and oxygen atoms in total. The zero-order valence-corrected chi connectivity index (χ0v) is 9.18. The van der Waals surface area contributed by atoms with Gasteiger partial charge in [-0.2, -0.15) is 0 Å². The second-order valence-electron chi connectivity index (χ2n) is 3.40. The number of esters is 1. The van der Waals surface area contributed by atoms with E-state index in [4.69, 9.17) is 0 Å². The van der Waals surface area contributed by atoms with Gasteiger partial charge in [0.25, 0.3) is 0 Å². The fraction of sp³-hybridized carbons (Fsp3) is 0.0769. The molecule has 0 aliphatic rings. The predicted molar refractivity (Wildman–Crippen MR) is 61.0 cm³/mol. The fourth-order valence-electron chi connectivity index (χ4n) is 1.58. The number of pyridine rings is 1. The van der Waals surface area contributed by atoms with Gasteiger partial charge in [-0.1, -0.05) is 30.3 Å². The Morgan fingerprint density at radius 1 is 1.24 bits per heavy atom. The second kappa shape index (κ2) is 4.74. The lowest BCUT2D eigenvalue weighted by Gasteiger charge is -2.08. The Bertz CT molecular complexity index is 540. The summed E-state index contributed by atoms with van der Waals surface area (Å²) in [4.78, 5) is 15.3. The first-order valence-electron chi connectivity index (χ1n) is 5.01. The van der Waals surface area contributed by atoms with E-state index >= 15 is 0 Å². The van der Waals surface area contributed by atoms with E-state index in [1.165, 1.54) is 13.3 Å². The summed E-state index contributed by atoms with van der Waals surface area (Å²) in [5.41, 5.74) is 1.06. The number of hydrogen-bond acceptors (Lipinski definition) is 3. The van der Waals surface area contributed by atoms with Crippen LogP contribution in [-0.2, 0) is 4.74 Å². The van der Waals surface area contributed by atoms with Crippen LogP contribution >= 0.6 is 0 Å². The van der Waals surface area contributed by atoms with Gasteiger partial charge in [0.1, 0.15) is 5.56 Å². The Balaban J connectivity index is 2.62.